The van der Waals surface area contributed by atoms with Gasteiger partial charge in [0.05, 0.1) is 12.6 Å². The first-order valence-corrected chi connectivity index (χ1v) is 7.78. The molecule has 0 radical (unpaired) electrons. The van der Waals surface area contributed by atoms with E-state index in [9.17, 15) is 14.4 Å². The Hall–Kier alpha value is -1.85. The minimum atomic E-state index is -0.187. The lowest BCUT2D eigenvalue weighted by atomic mass is 9.92. The molecule has 0 bridgehead atoms. The number of nitrogens with zero attached hydrogens (tertiary/aromatic N) is 1. The van der Waals surface area contributed by atoms with E-state index in [4.69, 9.17) is 0 Å². The number of rotatable bonds is 8. The quantitative estimate of drug-likeness (QED) is 0.515. The highest BCUT2D eigenvalue weighted by Gasteiger charge is 2.24. The Morgan fingerprint density at radius 3 is 2.41 bits per heavy atom. The molecule has 6 heteroatoms. The topological polar surface area (TPSA) is 78.5 Å². The van der Waals surface area contributed by atoms with Crippen molar-refractivity contribution >= 4 is 18.2 Å². The maximum atomic E-state index is 12.1. The number of likely N-dealkylation sites (N-methyl/N-ethyl adjacent to an activating group) is 1. The van der Waals surface area contributed by atoms with Crippen molar-refractivity contribution in [2.75, 3.05) is 13.6 Å². The Balaban J connectivity index is 2.71. The number of carbonyl (C=O) groups is 3. The van der Waals surface area contributed by atoms with Crippen LogP contribution in [0, 0.1) is 5.92 Å². The van der Waals surface area contributed by atoms with Crippen LogP contribution in [-0.4, -0.2) is 48.8 Å². The summed E-state index contributed by atoms with van der Waals surface area (Å²) in [6.07, 6.45) is 5.59. The van der Waals surface area contributed by atoms with E-state index >= 15 is 0 Å². The van der Waals surface area contributed by atoms with Crippen LogP contribution in [0.15, 0.2) is 11.6 Å². The second-order valence-electron chi connectivity index (χ2n) is 6.19. The Kier molecular flexibility index (Phi) is 7.08. The summed E-state index contributed by atoms with van der Waals surface area (Å²) >= 11 is 0. The fourth-order valence-corrected chi connectivity index (χ4v) is 2.36. The molecule has 1 aliphatic rings. The Morgan fingerprint density at radius 2 is 1.95 bits per heavy atom. The maximum absolute atomic E-state index is 12.1. The van der Waals surface area contributed by atoms with Gasteiger partial charge in [0, 0.05) is 18.7 Å². The third-order valence-electron chi connectivity index (χ3n) is 4.08. The Morgan fingerprint density at radius 1 is 1.32 bits per heavy atom. The lowest BCUT2D eigenvalue weighted by Gasteiger charge is -2.30. The van der Waals surface area contributed by atoms with E-state index in [2.05, 4.69) is 10.6 Å². The monoisotopic (exact) mass is 309 g/mol. The molecule has 1 atom stereocenters. The minimum Gasteiger partial charge on any atom is -0.350 e. The zero-order valence-corrected chi connectivity index (χ0v) is 13.9. The molecule has 0 aromatic heterocycles. The van der Waals surface area contributed by atoms with Crippen LogP contribution < -0.4 is 10.6 Å². The molecular weight excluding hydrogens is 282 g/mol. The van der Waals surface area contributed by atoms with Crippen molar-refractivity contribution in [2.24, 2.45) is 5.92 Å². The first-order chi connectivity index (χ1) is 10.4. The molecule has 0 aromatic rings. The van der Waals surface area contributed by atoms with Crippen molar-refractivity contribution in [2.45, 2.75) is 52.1 Å². The van der Waals surface area contributed by atoms with Gasteiger partial charge in [-0.3, -0.25) is 14.4 Å². The van der Waals surface area contributed by atoms with Crippen LogP contribution in [0.4, 0.5) is 0 Å². The summed E-state index contributed by atoms with van der Waals surface area (Å²) in [6.45, 7) is 5.72. The molecule has 6 nitrogen and oxygen atoms in total. The molecule has 124 valence electrons. The maximum Gasteiger partial charge on any atom is 0.246 e. The van der Waals surface area contributed by atoms with Crippen LogP contribution in [0.5, 0.6) is 0 Å². The number of hydrogen-bond acceptors (Lipinski definition) is 3. The van der Waals surface area contributed by atoms with E-state index < -0.39 is 0 Å². The van der Waals surface area contributed by atoms with Gasteiger partial charge in [-0.25, -0.2) is 0 Å². The first-order valence-electron chi connectivity index (χ1n) is 7.78. The zero-order valence-electron chi connectivity index (χ0n) is 13.9. The highest BCUT2D eigenvalue weighted by Crippen LogP contribution is 2.19. The molecule has 1 saturated carbocycles. The zero-order chi connectivity index (χ0) is 16.7. The van der Waals surface area contributed by atoms with Gasteiger partial charge < -0.3 is 15.5 Å². The van der Waals surface area contributed by atoms with Gasteiger partial charge in [0.25, 0.3) is 0 Å². The first kappa shape index (κ1) is 18.2. The predicted molar refractivity (Wildman–Crippen MR) is 85.0 cm³/mol. The van der Waals surface area contributed by atoms with Gasteiger partial charge in [0.15, 0.2) is 0 Å². The largest absolute Gasteiger partial charge is 0.350 e. The molecule has 22 heavy (non-hydrogen) atoms. The van der Waals surface area contributed by atoms with Crippen molar-refractivity contribution in [1.82, 2.24) is 15.5 Å². The van der Waals surface area contributed by atoms with E-state index in [0.29, 0.717) is 18.0 Å². The fraction of sp³-hybridized carbons (Fsp3) is 0.688. The highest BCUT2D eigenvalue weighted by molar-refractivity contribution is 5.93. The SMILES string of the molecule is CC(=C[C@H](C(C)C)N(C)C(=O)CNC=O)C(=O)NC1CCC1. The van der Waals surface area contributed by atoms with Gasteiger partial charge in [-0.1, -0.05) is 19.9 Å². The van der Waals surface area contributed by atoms with Crippen molar-refractivity contribution in [3.63, 3.8) is 0 Å². The average Bonchev–Trinajstić information content (AvgIpc) is 2.44. The lowest BCUT2D eigenvalue weighted by molar-refractivity contribution is -0.132. The van der Waals surface area contributed by atoms with Crippen molar-refractivity contribution < 1.29 is 14.4 Å². The summed E-state index contributed by atoms with van der Waals surface area (Å²) in [6, 6.07) is 0.109. The number of amides is 3. The molecule has 1 fully saturated rings. The van der Waals surface area contributed by atoms with Crippen LogP contribution in [0.3, 0.4) is 0 Å². The van der Waals surface area contributed by atoms with E-state index in [0.717, 1.165) is 12.8 Å². The van der Waals surface area contributed by atoms with E-state index in [-0.39, 0.29) is 30.3 Å². The smallest absolute Gasteiger partial charge is 0.246 e. The number of hydrogen-bond donors (Lipinski definition) is 2. The molecule has 0 unspecified atom stereocenters. The molecule has 1 aliphatic carbocycles. The third-order valence-corrected chi connectivity index (χ3v) is 4.08. The standard InChI is InChI=1S/C16H27N3O3/c1-11(2)14(19(4)15(21)9-17-10-20)8-12(3)16(22)18-13-6-5-7-13/h8,10-11,13-14H,5-7,9H2,1-4H3,(H,17,20)(H,18,22)/t14-/m1/s1. The van der Waals surface area contributed by atoms with Crippen molar-refractivity contribution in [1.29, 1.82) is 0 Å². The van der Waals surface area contributed by atoms with Gasteiger partial charge >= 0.3 is 0 Å². The predicted octanol–water partition coefficient (Wildman–Crippen LogP) is 0.830. The average molecular weight is 309 g/mol. The summed E-state index contributed by atoms with van der Waals surface area (Å²) in [5.74, 6) is -0.0897. The van der Waals surface area contributed by atoms with E-state index in [1.165, 1.54) is 6.42 Å². The minimum absolute atomic E-state index is 0.0373. The molecule has 3 amide bonds. The number of carbonyl (C=O) groups excluding carboxylic acids is 3. The van der Waals surface area contributed by atoms with Gasteiger partial charge in [-0.2, -0.15) is 0 Å². The van der Waals surface area contributed by atoms with Crippen LogP contribution >= 0.6 is 0 Å². The fourth-order valence-electron chi connectivity index (χ4n) is 2.36. The summed E-state index contributed by atoms with van der Waals surface area (Å²) in [7, 11) is 1.69. The second kappa shape index (κ2) is 8.56. The van der Waals surface area contributed by atoms with Crippen LogP contribution in [0.2, 0.25) is 0 Å². The molecular formula is C16H27N3O3. The van der Waals surface area contributed by atoms with Gasteiger partial charge in [-0.15, -0.1) is 0 Å². The summed E-state index contributed by atoms with van der Waals surface area (Å²) in [5.41, 5.74) is 0.619. The molecule has 0 aromatic carbocycles. The second-order valence-corrected chi connectivity index (χ2v) is 6.19. The molecule has 0 heterocycles. The summed E-state index contributed by atoms with van der Waals surface area (Å²) in [4.78, 5) is 36.0. The normalized spacial score (nSPS) is 16.7. The van der Waals surface area contributed by atoms with Crippen molar-refractivity contribution in [3.05, 3.63) is 11.6 Å². The van der Waals surface area contributed by atoms with Gasteiger partial charge in [0.2, 0.25) is 18.2 Å². The third kappa shape index (κ3) is 5.16. The number of nitrogens with one attached hydrogen (secondary N) is 2. The molecule has 0 aliphatic heterocycles. The van der Waals surface area contributed by atoms with Gasteiger partial charge in [0.1, 0.15) is 0 Å². The highest BCUT2D eigenvalue weighted by atomic mass is 16.2. The van der Waals surface area contributed by atoms with Gasteiger partial charge in [-0.05, 0) is 32.1 Å². The van der Waals surface area contributed by atoms with E-state index in [1.54, 1.807) is 18.9 Å². The van der Waals surface area contributed by atoms with Crippen LogP contribution in [0.1, 0.15) is 40.0 Å². The summed E-state index contributed by atoms with van der Waals surface area (Å²) < 4.78 is 0. The molecule has 2 N–H and O–H groups in total. The lowest BCUT2D eigenvalue weighted by Crippen LogP contribution is -2.44. The Bertz CT molecular complexity index is 442. The van der Waals surface area contributed by atoms with Crippen molar-refractivity contribution in [3.8, 4) is 0 Å². The Labute approximate surface area is 132 Å². The summed E-state index contributed by atoms with van der Waals surface area (Å²) in [5, 5.41) is 5.36. The molecule has 0 saturated heterocycles. The molecule has 1 rings (SSSR count). The molecule has 0 spiro atoms. The van der Waals surface area contributed by atoms with Crippen LogP contribution in [0.25, 0.3) is 0 Å². The van der Waals surface area contributed by atoms with Crippen LogP contribution in [-0.2, 0) is 14.4 Å². The van der Waals surface area contributed by atoms with E-state index in [1.807, 2.05) is 19.9 Å².